The number of nitrogens with zero attached hydrogens (tertiary/aromatic N) is 4. The molecular formula is C21H24N4O. The van der Waals surface area contributed by atoms with Crippen molar-refractivity contribution < 1.29 is 4.79 Å². The predicted molar refractivity (Wildman–Crippen MR) is 104 cm³/mol. The summed E-state index contributed by atoms with van der Waals surface area (Å²) < 4.78 is 1.94. The Balaban J connectivity index is 1.34. The first-order chi connectivity index (χ1) is 12.7. The summed E-state index contributed by atoms with van der Waals surface area (Å²) >= 11 is 0. The molecule has 26 heavy (non-hydrogen) atoms. The van der Waals surface area contributed by atoms with E-state index in [9.17, 15) is 4.79 Å². The molecule has 0 spiro atoms. The van der Waals surface area contributed by atoms with E-state index < -0.39 is 0 Å². The van der Waals surface area contributed by atoms with E-state index >= 15 is 0 Å². The SMILES string of the molecule is Cc1cccc2c1cnn2CCC(=O)N1CCN(c2ccccc2)CC1. The minimum Gasteiger partial charge on any atom is -0.368 e. The standard InChI is InChI=1S/C21H24N4O/c1-17-6-5-9-20-19(17)16-22-25(20)11-10-21(26)24-14-12-23(13-15-24)18-7-3-2-4-8-18/h2-9,16H,10-15H2,1H3. The molecule has 0 saturated carbocycles. The molecule has 1 fully saturated rings. The minimum absolute atomic E-state index is 0.217. The molecule has 3 aromatic rings. The number of amides is 1. The Morgan fingerprint density at radius 1 is 1.00 bits per heavy atom. The fraction of sp³-hybridized carbons (Fsp3) is 0.333. The first kappa shape index (κ1) is 16.6. The van der Waals surface area contributed by atoms with Crippen LogP contribution in [0, 0.1) is 6.92 Å². The number of para-hydroxylation sites is 1. The highest BCUT2D eigenvalue weighted by atomic mass is 16.2. The van der Waals surface area contributed by atoms with E-state index in [1.165, 1.54) is 11.3 Å². The molecule has 2 aromatic carbocycles. The molecule has 5 heteroatoms. The second-order valence-corrected chi connectivity index (χ2v) is 6.83. The molecular weight excluding hydrogens is 324 g/mol. The molecule has 134 valence electrons. The van der Waals surface area contributed by atoms with Crippen molar-refractivity contribution in [2.45, 2.75) is 19.9 Å². The number of hydrogen-bond donors (Lipinski definition) is 0. The predicted octanol–water partition coefficient (Wildman–Crippen LogP) is 3.08. The first-order valence-corrected chi connectivity index (χ1v) is 9.21. The normalized spacial score (nSPS) is 14.8. The summed E-state index contributed by atoms with van der Waals surface area (Å²) in [6.45, 7) is 6.06. The Morgan fingerprint density at radius 2 is 1.77 bits per heavy atom. The number of rotatable bonds is 4. The summed E-state index contributed by atoms with van der Waals surface area (Å²) in [5.74, 6) is 0.217. The van der Waals surface area contributed by atoms with Gasteiger partial charge in [0.2, 0.25) is 5.91 Å². The number of anilines is 1. The summed E-state index contributed by atoms with van der Waals surface area (Å²) in [4.78, 5) is 16.9. The number of benzene rings is 2. The molecule has 4 rings (SSSR count). The summed E-state index contributed by atoms with van der Waals surface area (Å²) in [5, 5.41) is 5.63. The van der Waals surface area contributed by atoms with Gasteiger partial charge in [-0.05, 0) is 30.7 Å². The lowest BCUT2D eigenvalue weighted by atomic mass is 10.1. The van der Waals surface area contributed by atoms with Crippen molar-refractivity contribution >= 4 is 22.5 Å². The van der Waals surface area contributed by atoms with Crippen molar-refractivity contribution in [3.05, 3.63) is 60.3 Å². The van der Waals surface area contributed by atoms with E-state index in [1.807, 2.05) is 27.9 Å². The maximum Gasteiger partial charge on any atom is 0.224 e. The summed E-state index contributed by atoms with van der Waals surface area (Å²) in [7, 11) is 0. The van der Waals surface area contributed by atoms with Gasteiger partial charge >= 0.3 is 0 Å². The smallest absolute Gasteiger partial charge is 0.224 e. The molecule has 1 amide bonds. The Bertz CT molecular complexity index is 895. The van der Waals surface area contributed by atoms with Gasteiger partial charge in [0.15, 0.2) is 0 Å². The van der Waals surface area contributed by atoms with Crippen molar-refractivity contribution in [3.63, 3.8) is 0 Å². The molecule has 1 saturated heterocycles. The molecule has 0 unspecified atom stereocenters. The van der Waals surface area contributed by atoms with Gasteiger partial charge in [-0.2, -0.15) is 5.10 Å². The van der Waals surface area contributed by atoms with Crippen LogP contribution in [0.2, 0.25) is 0 Å². The lowest BCUT2D eigenvalue weighted by Crippen LogP contribution is -2.48. The van der Waals surface area contributed by atoms with Crippen LogP contribution >= 0.6 is 0 Å². The first-order valence-electron chi connectivity index (χ1n) is 9.21. The highest BCUT2D eigenvalue weighted by Gasteiger charge is 2.21. The van der Waals surface area contributed by atoms with Crippen molar-refractivity contribution in [3.8, 4) is 0 Å². The Labute approximate surface area is 153 Å². The van der Waals surface area contributed by atoms with Crippen molar-refractivity contribution in [1.82, 2.24) is 14.7 Å². The van der Waals surface area contributed by atoms with E-state index in [2.05, 4.69) is 53.3 Å². The lowest BCUT2D eigenvalue weighted by Gasteiger charge is -2.36. The molecule has 0 N–H and O–H groups in total. The van der Waals surface area contributed by atoms with Crippen LogP contribution in [-0.2, 0) is 11.3 Å². The number of fused-ring (bicyclic) bond motifs is 1. The van der Waals surface area contributed by atoms with Crippen molar-refractivity contribution in [2.75, 3.05) is 31.1 Å². The van der Waals surface area contributed by atoms with E-state index in [-0.39, 0.29) is 5.91 Å². The van der Waals surface area contributed by atoms with E-state index in [0.29, 0.717) is 13.0 Å². The second-order valence-electron chi connectivity index (χ2n) is 6.83. The molecule has 1 aliphatic heterocycles. The topological polar surface area (TPSA) is 41.4 Å². The molecule has 0 aliphatic carbocycles. The van der Waals surface area contributed by atoms with Gasteiger partial charge in [-0.15, -0.1) is 0 Å². The van der Waals surface area contributed by atoms with Crippen molar-refractivity contribution in [1.29, 1.82) is 0 Å². The van der Waals surface area contributed by atoms with Crippen LogP contribution in [-0.4, -0.2) is 46.8 Å². The highest BCUT2D eigenvalue weighted by molar-refractivity contribution is 5.82. The molecule has 2 heterocycles. The lowest BCUT2D eigenvalue weighted by molar-refractivity contribution is -0.131. The van der Waals surface area contributed by atoms with Crippen LogP contribution in [0.15, 0.2) is 54.7 Å². The van der Waals surface area contributed by atoms with Gasteiger partial charge in [0, 0.05) is 43.7 Å². The zero-order valence-corrected chi connectivity index (χ0v) is 15.1. The summed E-state index contributed by atoms with van der Waals surface area (Å²) in [6.07, 6.45) is 2.39. The fourth-order valence-electron chi connectivity index (χ4n) is 3.64. The van der Waals surface area contributed by atoms with Gasteiger partial charge < -0.3 is 9.80 Å². The fourth-order valence-corrected chi connectivity index (χ4v) is 3.64. The van der Waals surface area contributed by atoms with E-state index in [1.54, 1.807) is 0 Å². The van der Waals surface area contributed by atoms with E-state index in [4.69, 9.17) is 0 Å². The van der Waals surface area contributed by atoms with Crippen LogP contribution in [0.1, 0.15) is 12.0 Å². The van der Waals surface area contributed by atoms with Crippen molar-refractivity contribution in [2.24, 2.45) is 0 Å². The average Bonchev–Trinajstić information content (AvgIpc) is 3.11. The molecule has 0 bridgehead atoms. The van der Waals surface area contributed by atoms with Crippen LogP contribution in [0.25, 0.3) is 10.9 Å². The number of aryl methyl sites for hydroxylation is 2. The second kappa shape index (κ2) is 7.20. The quantitative estimate of drug-likeness (QED) is 0.728. The number of carbonyl (C=O) groups is 1. The summed E-state index contributed by atoms with van der Waals surface area (Å²) in [6, 6.07) is 16.6. The monoisotopic (exact) mass is 348 g/mol. The van der Waals surface area contributed by atoms with Gasteiger partial charge in [0.1, 0.15) is 0 Å². The van der Waals surface area contributed by atoms with Gasteiger partial charge in [-0.1, -0.05) is 30.3 Å². The zero-order valence-electron chi connectivity index (χ0n) is 15.1. The number of piperazine rings is 1. The molecule has 0 radical (unpaired) electrons. The molecule has 1 aliphatic rings. The van der Waals surface area contributed by atoms with Gasteiger partial charge in [-0.3, -0.25) is 9.48 Å². The summed E-state index contributed by atoms with van der Waals surface area (Å²) in [5.41, 5.74) is 3.56. The Hall–Kier alpha value is -2.82. The Kier molecular flexibility index (Phi) is 4.61. The maximum absolute atomic E-state index is 12.6. The van der Waals surface area contributed by atoms with Gasteiger partial charge in [0.05, 0.1) is 18.3 Å². The minimum atomic E-state index is 0.217. The van der Waals surface area contributed by atoms with Gasteiger partial charge in [-0.25, -0.2) is 0 Å². The average molecular weight is 348 g/mol. The Morgan fingerprint density at radius 3 is 2.54 bits per heavy atom. The number of carbonyl (C=O) groups excluding carboxylic acids is 1. The van der Waals surface area contributed by atoms with Crippen LogP contribution < -0.4 is 4.90 Å². The van der Waals surface area contributed by atoms with Crippen LogP contribution in [0.4, 0.5) is 5.69 Å². The number of aromatic nitrogens is 2. The largest absolute Gasteiger partial charge is 0.368 e. The van der Waals surface area contributed by atoms with Crippen LogP contribution in [0.3, 0.4) is 0 Å². The van der Waals surface area contributed by atoms with Crippen LogP contribution in [0.5, 0.6) is 0 Å². The molecule has 0 atom stereocenters. The van der Waals surface area contributed by atoms with E-state index in [0.717, 1.165) is 37.1 Å². The molecule has 1 aromatic heterocycles. The third-order valence-electron chi connectivity index (χ3n) is 5.20. The third-order valence-corrected chi connectivity index (χ3v) is 5.20. The third kappa shape index (κ3) is 3.29. The highest BCUT2D eigenvalue weighted by Crippen LogP contribution is 2.19. The van der Waals surface area contributed by atoms with Gasteiger partial charge in [0.25, 0.3) is 0 Å². The maximum atomic E-state index is 12.6. The number of hydrogen-bond acceptors (Lipinski definition) is 3. The zero-order chi connectivity index (χ0) is 17.9. The molecule has 5 nitrogen and oxygen atoms in total.